The van der Waals surface area contributed by atoms with Crippen molar-refractivity contribution < 1.29 is 45.9 Å². The summed E-state index contributed by atoms with van der Waals surface area (Å²) in [5.41, 5.74) is 2.66. The Hall–Kier alpha value is -1.18. The van der Waals surface area contributed by atoms with E-state index >= 15 is 0 Å². The van der Waals surface area contributed by atoms with Gasteiger partial charge in [-0.05, 0) is 110 Å². The maximum Gasteiger partial charge on any atom is 0.453 e. The van der Waals surface area contributed by atoms with Gasteiger partial charge < -0.3 is 19.1 Å². The second kappa shape index (κ2) is 18.9. The fourth-order valence-corrected chi connectivity index (χ4v) is 10.6. The lowest BCUT2D eigenvalue weighted by Crippen LogP contribution is -2.47. The molecule has 1 heterocycles. The Balaban J connectivity index is 0.00000583. The summed E-state index contributed by atoms with van der Waals surface area (Å²) < 4.78 is 86.3. The van der Waals surface area contributed by atoms with Crippen molar-refractivity contribution in [2.75, 3.05) is 44.4 Å². The second-order valence-electron chi connectivity index (χ2n) is 15.5. The fraction of sp³-hybridized carbons (Fsp3) is 0.816. The monoisotopic (exact) mass is 769 g/mol. The third-order valence-corrected chi connectivity index (χ3v) is 13.7. The molecule has 5 rings (SSSR count). The van der Waals surface area contributed by atoms with E-state index in [1.54, 1.807) is 0 Å². The van der Waals surface area contributed by atoms with Crippen LogP contribution in [0.15, 0.2) is 18.2 Å². The first-order valence-electron chi connectivity index (χ1n) is 18.9. The number of ether oxygens (including phenoxy) is 2. The highest BCUT2D eigenvalue weighted by Gasteiger charge is 2.57. The number of halogens is 6. The summed E-state index contributed by atoms with van der Waals surface area (Å²) in [5, 5.41) is 11.0. The Kier molecular flexibility index (Phi) is 15.8. The van der Waals surface area contributed by atoms with Crippen molar-refractivity contribution in [2.45, 2.75) is 127 Å². The van der Waals surface area contributed by atoms with E-state index in [0.29, 0.717) is 54.8 Å². The molecule has 0 aromatic heterocycles. The zero-order chi connectivity index (χ0) is 35.9. The van der Waals surface area contributed by atoms with Crippen LogP contribution >= 0.6 is 12.4 Å². The molecule has 0 spiro atoms. The molecule has 1 aromatic rings. The van der Waals surface area contributed by atoms with Crippen LogP contribution in [0.25, 0.3) is 0 Å². The SMILES string of the molecule is CC12CCC3c4ccc(OC(=O)CN5CCOCC5)cc4CC(CCCCCCCCC[S+]([O-])CCCC(F)(F)C(F)(F)F)C3C1CCC2O.Cl. The van der Waals surface area contributed by atoms with Gasteiger partial charge in [-0.25, -0.2) is 0 Å². The first-order chi connectivity index (χ1) is 23.8. The highest BCUT2D eigenvalue weighted by Crippen LogP contribution is 2.62. The number of nitrogens with zero attached hydrogens (tertiary/aromatic N) is 1. The van der Waals surface area contributed by atoms with Gasteiger partial charge in [-0.2, -0.15) is 22.0 Å². The summed E-state index contributed by atoms with van der Waals surface area (Å²) in [5.74, 6) is -2.13. The van der Waals surface area contributed by atoms with E-state index in [-0.39, 0.29) is 42.2 Å². The van der Waals surface area contributed by atoms with Crippen LogP contribution in [-0.4, -0.2) is 83.1 Å². The molecule has 1 aromatic carbocycles. The minimum Gasteiger partial charge on any atom is -0.616 e. The zero-order valence-electron chi connectivity index (χ0n) is 29.9. The third kappa shape index (κ3) is 11.0. The molecule has 1 N–H and O–H groups in total. The van der Waals surface area contributed by atoms with Crippen molar-refractivity contribution in [1.29, 1.82) is 0 Å². The van der Waals surface area contributed by atoms with Crippen LogP contribution in [0.5, 0.6) is 5.75 Å². The van der Waals surface area contributed by atoms with Gasteiger partial charge in [-0.3, -0.25) is 9.69 Å². The van der Waals surface area contributed by atoms with Gasteiger partial charge in [0.1, 0.15) is 17.3 Å². The summed E-state index contributed by atoms with van der Waals surface area (Å²) >= 11 is -1.37. The number of alkyl halides is 5. The Morgan fingerprint density at radius 2 is 1.67 bits per heavy atom. The molecule has 13 heteroatoms. The number of unbranched alkanes of at least 4 members (excludes halogenated alkanes) is 6. The number of hydrogen-bond acceptors (Lipinski definition) is 6. The lowest BCUT2D eigenvalue weighted by molar-refractivity contribution is -0.284. The van der Waals surface area contributed by atoms with Gasteiger partial charge in [0, 0.05) is 19.5 Å². The Morgan fingerprint density at radius 3 is 2.37 bits per heavy atom. The number of fused-ring (bicyclic) bond motifs is 5. The number of benzene rings is 1. The number of aliphatic hydroxyl groups is 1. The number of carbonyl (C=O) groups excluding carboxylic acids is 1. The molecule has 7 unspecified atom stereocenters. The minimum atomic E-state index is -5.55. The number of carbonyl (C=O) groups is 1. The first-order valence-corrected chi connectivity index (χ1v) is 20.4. The normalized spacial score (nSPS) is 28.7. The molecule has 0 bridgehead atoms. The summed E-state index contributed by atoms with van der Waals surface area (Å²) in [6.07, 6.45) is 5.54. The average Bonchev–Trinajstić information content (AvgIpc) is 3.37. The fourth-order valence-electron chi connectivity index (χ4n) is 9.44. The highest BCUT2D eigenvalue weighted by molar-refractivity contribution is 7.91. The Labute approximate surface area is 309 Å². The smallest absolute Gasteiger partial charge is 0.453 e. The molecular weight excluding hydrogens is 713 g/mol. The molecule has 7 atom stereocenters. The number of morpholine rings is 1. The Bertz CT molecular complexity index is 1250. The van der Waals surface area contributed by atoms with Crippen molar-refractivity contribution in [2.24, 2.45) is 23.2 Å². The quantitative estimate of drug-likeness (QED) is 0.0562. The number of rotatable bonds is 17. The second-order valence-corrected chi connectivity index (χ2v) is 17.2. The van der Waals surface area contributed by atoms with Gasteiger partial charge in [-0.1, -0.05) is 56.3 Å². The van der Waals surface area contributed by atoms with Crippen LogP contribution in [0.2, 0.25) is 0 Å². The van der Waals surface area contributed by atoms with E-state index < -0.39 is 36.1 Å². The van der Waals surface area contributed by atoms with E-state index in [1.807, 2.05) is 6.07 Å². The molecule has 6 nitrogen and oxygen atoms in total. The zero-order valence-corrected chi connectivity index (χ0v) is 31.5. The van der Waals surface area contributed by atoms with E-state index in [1.165, 1.54) is 11.1 Å². The molecule has 3 fully saturated rings. The first kappa shape index (κ1) is 42.6. The van der Waals surface area contributed by atoms with Gasteiger partial charge >= 0.3 is 18.1 Å². The molecule has 0 radical (unpaired) electrons. The number of hydrogen-bond donors (Lipinski definition) is 1. The highest BCUT2D eigenvalue weighted by atomic mass is 35.5. The standard InChI is InChI=1S/C38H56F5NO5S.ClH/c1-36-17-15-31-30-12-11-29(49-34(46)26-44-18-20-48-21-19-44)25-28(30)24-27(35(31)32(36)13-14-33(36)45)10-7-5-3-2-4-6-8-22-50(47)23-9-16-37(39,40)38(41,42)43;/h11-12,25,27,31-33,35,45H,2-10,13-24,26H2,1H3;1H. The van der Waals surface area contributed by atoms with E-state index in [2.05, 4.69) is 24.0 Å². The van der Waals surface area contributed by atoms with E-state index in [9.17, 15) is 36.4 Å². The van der Waals surface area contributed by atoms with Gasteiger partial charge in [0.15, 0.2) is 0 Å². The molecule has 1 saturated heterocycles. The number of aliphatic hydroxyl groups excluding tert-OH is 1. The molecule has 2 saturated carbocycles. The lowest BCUT2D eigenvalue weighted by Gasteiger charge is -2.53. The van der Waals surface area contributed by atoms with Crippen molar-refractivity contribution in [3.05, 3.63) is 29.3 Å². The van der Waals surface area contributed by atoms with Crippen molar-refractivity contribution in [3.8, 4) is 5.75 Å². The van der Waals surface area contributed by atoms with Crippen molar-refractivity contribution in [3.63, 3.8) is 0 Å². The molecule has 0 amide bonds. The van der Waals surface area contributed by atoms with Crippen LogP contribution in [0.1, 0.15) is 114 Å². The summed E-state index contributed by atoms with van der Waals surface area (Å²) in [6, 6.07) is 6.25. The maximum absolute atomic E-state index is 13.0. The van der Waals surface area contributed by atoms with Crippen molar-refractivity contribution in [1.82, 2.24) is 4.90 Å². The molecular formula is C38H57ClF5NO5S. The van der Waals surface area contributed by atoms with Crippen LogP contribution in [0, 0.1) is 23.2 Å². The third-order valence-electron chi connectivity index (χ3n) is 12.2. The summed E-state index contributed by atoms with van der Waals surface area (Å²) in [4.78, 5) is 14.8. The molecule has 3 aliphatic carbocycles. The maximum atomic E-state index is 13.0. The van der Waals surface area contributed by atoms with Crippen molar-refractivity contribution >= 4 is 29.6 Å². The predicted molar refractivity (Wildman–Crippen MR) is 191 cm³/mol. The molecule has 1 aliphatic heterocycles. The largest absolute Gasteiger partial charge is 0.616 e. The summed E-state index contributed by atoms with van der Waals surface area (Å²) in [6.45, 7) is 5.28. The van der Waals surface area contributed by atoms with E-state index in [4.69, 9.17) is 9.47 Å². The van der Waals surface area contributed by atoms with Crippen LogP contribution in [-0.2, 0) is 27.1 Å². The number of esters is 1. The Morgan fingerprint density at radius 1 is 1.00 bits per heavy atom. The van der Waals surface area contributed by atoms with Gasteiger partial charge in [0.05, 0.1) is 25.9 Å². The van der Waals surface area contributed by atoms with Gasteiger partial charge in [0.25, 0.3) is 0 Å². The van der Waals surface area contributed by atoms with Crippen LogP contribution in [0.3, 0.4) is 0 Å². The topological polar surface area (TPSA) is 82.1 Å². The van der Waals surface area contributed by atoms with Crippen LogP contribution in [0.4, 0.5) is 22.0 Å². The molecule has 4 aliphatic rings. The summed E-state index contributed by atoms with van der Waals surface area (Å²) in [7, 11) is 0. The predicted octanol–water partition coefficient (Wildman–Crippen LogP) is 8.64. The molecule has 292 valence electrons. The van der Waals surface area contributed by atoms with Crippen LogP contribution < -0.4 is 4.74 Å². The minimum absolute atomic E-state index is 0. The average molecular weight is 770 g/mol. The lowest BCUT2D eigenvalue weighted by atomic mass is 9.52. The van der Waals surface area contributed by atoms with E-state index in [0.717, 1.165) is 90.1 Å². The van der Waals surface area contributed by atoms with Gasteiger partial charge in [0.2, 0.25) is 0 Å². The molecule has 51 heavy (non-hydrogen) atoms. The van der Waals surface area contributed by atoms with Gasteiger partial charge in [-0.15, -0.1) is 12.4 Å².